The zero-order valence-electron chi connectivity index (χ0n) is 16.0. The van der Waals surface area contributed by atoms with Crippen LogP contribution < -0.4 is 16.0 Å². The second-order valence-electron chi connectivity index (χ2n) is 6.25. The van der Waals surface area contributed by atoms with Gasteiger partial charge in [-0.1, -0.05) is 23.7 Å². The summed E-state index contributed by atoms with van der Waals surface area (Å²) in [4.78, 5) is 40.5. The van der Waals surface area contributed by atoms with E-state index in [0.29, 0.717) is 32.7 Å². The molecule has 0 aliphatic rings. The first kappa shape index (κ1) is 21.5. The Morgan fingerprint density at radius 1 is 1.07 bits per heavy atom. The maximum absolute atomic E-state index is 12.2. The van der Waals surface area contributed by atoms with Gasteiger partial charge in [0.05, 0.1) is 34.5 Å². The first-order chi connectivity index (χ1) is 14.4. The number of carbonyl (C=O) groups is 3. The highest BCUT2D eigenvalue weighted by molar-refractivity contribution is 7.14. The van der Waals surface area contributed by atoms with Crippen molar-refractivity contribution in [2.75, 3.05) is 18.4 Å². The number of anilines is 1. The van der Waals surface area contributed by atoms with E-state index in [2.05, 4.69) is 20.9 Å². The van der Waals surface area contributed by atoms with E-state index in [-0.39, 0.29) is 37.2 Å². The minimum atomic E-state index is -0.319. The lowest BCUT2D eigenvalue weighted by atomic mass is 10.2. The van der Waals surface area contributed by atoms with Gasteiger partial charge in [-0.3, -0.25) is 19.7 Å². The molecule has 0 bridgehead atoms. The SMILES string of the molecule is Cc1occc1C(=O)Nc1nc(CC(=O)NCCNC(=O)c2ccccc2Cl)cs1. The van der Waals surface area contributed by atoms with E-state index in [0.717, 1.165) is 0 Å². The van der Waals surface area contributed by atoms with E-state index >= 15 is 0 Å². The molecule has 0 saturated heterocycles. The molecule has 10 heteroatoms. The van der Waals surface area contributed by atoms with Crippen molar-refractivity contribution in [3.8, 4) is 0 Å². The summed E-state index contributed by atoms with van der Waals surface area (Å²) in [5.74, 6) is -0.343. The topological polar surface area (TPSA) is 113 Å². The number of furan rings is 1. The summed E-state index contributed by atoms with van der Waals surface area (Å²) >= 11 is 7.21. The molecule has 3 N–H and O–H groups in total. The van der Waals surface area contributed by atoms with Crippen molar-refractivity contribution < 1.29 is 18.8 Å². The Bertz CT molecular complexity index is 1060. The largest absolute Gasteiger partial charge is 0.469 e. The number of amides is 3. The molecule has 0 aliphatic carbocycles. The van der Waals surface area contributed by atoms with E-state index in [1.165, 1.54) is 17.6 Å². The van der Waals surface area contributed by atoms with Gasteiger partial charge in [0.2, 0.25) is 5.91 Å². The van der Waals surface area contributed by atoms with Crippen LogP contribution in [0.15, 0.2) is 46.4 Å². The monoisotopic (exact) mass is 446 g/mol. The van der Waals surface area contributed by atoms with E-state index in [9.17, 15) is 14.4 Å². The van der Waals surface area contributed by atoms with Gasteiger partial charge in [-0.15, -0.1) is 11.3 Å². The molecule has 1 aromatic carbocycles. The van der Waals surface area contributed by atoms with E-state index in [1.54, 1.807) is 42.6 Å². The van der Waals surface area contributed by atoms with E-state index in [4.69, 9.17) is 16.0 Å². The van der Waals surface area contributed by atoms with Gasteiger partial charge >= 0.3 is 0 Å². The molecule has 2 aromatic heterocycles. The van der Waals surface area contributed by atoms with Gasteiger partial charge in [0.15, 0.2) is 5.13 Å². The Hall–Kier alpha value is -3.17. The molecule has 3 amide bonds. The minimum absolute atomic E-state index is 0.0650. The van der Waals surface area contributed by atoms with Crippen molar-refractivity contribution in [3.05, 3.63) is 69.6 Å². The van der Waals surface area contributed by atoms with Crippen molar-refractivity contribution in [1.82, 2.24) is 15.6 Å². The molecule has 3 aromatic rings. The zero-order valence-corrected chi connectivity index (χ0v) is 17.6. The molecule has 3 rings (SSSR count). The summed E-state index contributed by atoms with van der Waals surface area (Å²) in [6.45, 7) is 2.23. The molecule has 0 aliphatic heterocycles. The number of carbonyl (C=O) groups excluding carboxylic acids is 3. The van der Waals surface area contributed by atoms with Crippen molar-refractivity contribution >= 4 is 45.8 Å². The number of rotatable bonds is 8. The predicted molar refractivity (Wildman–Crippen MR) is 114 cm³/mol. The van der Waals surface area contributed by atoms with Crippen LogP contribution in [0, 0.1) is 6.92 Å². The third kappa shape index (κ3) is 5.68. The molecule has 0 radical (unpaired) electrons. The summed E-state index contributed by atoms with van der Waals surface area (Å²) < 4.78 is 5.11. The van der Waals surface area contributed by atoms with Crippen LogP contribution in [0.1, 0.15) is 32.2 Å². The van der Waals surface area contributed by atoms with Gasteiger partial charge < -0.3 is 15.1 Å². The number of aryl methyl sites for hydroxylation is 1. The van der Waals surface area contributed by atoms with Gasteiger partial charge in [-0.05, 0) is 25.1 Å². The van der Waals surface area contributed by atoms with Crippen LogP contribution in [0.2, 0.25) is 5.02 Å². The Balaban J connectivity index is 1.40. The maximum atomic E-state index is 12.2. The number of nitrogens with one attached hydrogen (secondary N) is 3. The minimum Gasteiger partial charge on any atom is -0.469 e. The number of thiazole rings is 1. The highest BCUT2D eigenvalue weighted by Crippen LogP contribution is 2.18. The summed E-state index contributed by atoms with van der Waals surface area (Å²) in [5.41, 5.74) is 1.35. The third-order valence-electron chi connectivity index (χ3n) is 4.07. The Morgan fingerprint density at radius 2 is 1.83 bits per heavy atom. The average Bonchev–Trinajstić information content (AvgIpc) is 3.34. The van der Waals surface area contributed by atoms with Crippen LogP contribution in [0.3, 0.4) is 0 Å². The lowest BCUT2D eigenvalue weighted by Gasteiger charge is -2.07. The summed E-state index contributed by atoms with van der Waals surface area (Å²) in [5, 5.41) is 10.6. The lowest BCUT2D eigenvalue weighted by Crippen LogP contribution is -2.35. The van der Waals surface area contributed by atoms with Crippen LogP contribution in [0.4, 0.5) is 5.13 Å². The molecular formula is C20H19ClN4O4S. The Kier molecular flexibility index (Phi) is 7.21. The van der Waals surface area contributed by atoms with Crippen molar-refractivity contribution in [1.29, 1.82) is 0 Å². The highest BCUT2D eigenvalue weighted by Gasteiger charge is 2.14. The van der Waals surface area contributed by atoms with E-state index in [1.807, 2.05) is 0 Å². The number of nitrogens with zero attached hydrogens (tertiary/aromatic N) is 1. The fourth-order valence-electron chi connectivity index (χ4n) is 2.58. The number of benzene rings is 1. The van der Waals surface area contributed by atoms with E-state index < -0.39 is 0 Å². The summed E-state index contributed by atoms with van der Waals surface area (Å²) in [6, 6.07) is 8.32. The normalized spacial score (nSPS) is 10.5. The van der Waals surface area contributed by atoms with Crippen LogP contribution in [0.25, 0.3) is 0 Å². The number of halogens is 1. The molecule has 30 heavy (non-hydrogen) atoms. The second kappa shape index (κ2) is 10.0. The molecule has 0 spiro atoms. The van der Waals surface area contributed by atoms with Crippen molar-refractivity contribution in [3.63, 3.8) is 0 Å². The first-order valence-electron chi connectivity index (χ1n) is 9.03. The molecule has 0 unspecified atom stereocenters. The fourth-order valence-corrected chi connectivity index (χ4v) is 3.50. The molecule has 8 nitrogen and oxygen atoms in total. The molecule has 2 heterocycles. The summed E-state index contributed by atoms with van der Waals surface area (Å²) in [6.07, 6.45) is 1.51. The van der Waals surface area contributed by atoms with Gasteiger partial charge in [-0.2, -0.15) is 0 Å². The predicted octanol–water partition coefficient (Wildman–Crippen LogP) is 3.04. The van der Waals surface area contributed by atoms with Crippen LogP contribution >= 0.6 is 22.9 Å². The average molecular weight is 447 g/mol. The zero-order chi connectivity index (χ0) is 21.5. The number of hydrogen-bond donors (Lipinski definition) is 3. The van der Waals surface area contributed by atoms with Crippen molar-refractivity contribution in [2.24, 2.45) is 0 Å². The van der Waals surface area contributed by atoms with Crippen molar-refractivity contribution in [2.45, 2.75) is 13.3 Å². The summed E-state index contributed by atoms with van der Waals surface area (Å²) in [7, 11) is 0. The highest BCUT2D eigenvalue weighted by atomic mass is 35.5. The van der Waals surface area contributed by atoms with Gasteiger partial charge in [0.25, 0.3) is 11.8 Å². The van der Waals surface area contributed by atoms with Crippen LogP contribution in [0.5, 0.6) is 0 Å². The van der Waals surface area contributed by atoms with Crippen LogP contribution in [-0.2, 0) is 11.2 Å². The fraction of sp³-hybridized carbons (Fsp3) is 0.200. The van der Waals surface area contributed by atoms with Gasteiger partial charge in [0, 0.05) is 18.5 Å². The Morgan fingerprint density at radius 3 is 2.57 bits per heavy atom. The molecular weight excluding hydrogens is 428 g/mol. The van der Waals surface area contributed by atoms with Gasteiger partial charge in [-0.25, -0.2) is 4.98 Å². The molecule has 0 saturated carbocycles. The quantitative estimate of drug-likeness (QED) is 0.460. The van der Waals surface area contributed by atoms with Crippen LogP contribution in [-0.4, -0.2) is 35.8 Å². The number of hydrogen-bond acceptors (Lipinski definition) is 6. The lowest BCUT2D eigenvalue weighted by molar-refractivity contribution is -0.120. The molecule has 0 fully saturated rings. The molecule has 156 valence electrons. The maximum Gasteiger partial charge on any atom is 0.260 e. The third-order valence-corrected chi connectivity index (χ3v) is 5.20. The Labute approximate surface area is 181 Å². The molecule has 0 atom stereocenters. The first-order valence-corrected chi connectivity index (χ1v) is 10.3. The second-order valence-corrected chi connectivity index (χ2v) is 7.52. The smallest absolute Gasteiger partial charge is 0.260 e. The van der Waals surface area contributed by atoms with Gasteiger partial charge in [0.1, 0.15) is 5.76 Å². The number of aromatic nitrogens is 1. The standard InChI is InChI=1S/C20H19ClN4O4S/c1-12-14(6-9-29-12)19(28)25-20-24-13(11-30-20)10-17(26)22-7-8-23-18(27)15-4-2-3-5-16(15)21/h2-6,9,11H,7-8,10H2,1H3,(H,22,26)(H,23,27)(H,24,25,28).